The first-order valence-electron chi connectivity index (χ1n) is 11.6. The molecule has 0 fully saturated rings. The number of aromatic nitrogens is 3. The normalized spacial score (nSPS) is 11.5. The molecule has 0 aliphatic rings. The predicted molar refractivity (Wildman–Crippen MR) is 146 cm³/mol. The maximum Gasteiger partial charge on any atom is 0.164 e. The molecule has 0 saturated heterocycles. The standard InChI is InChI=1S/C31H18ClN3O/c32-23-17-25(28-24-12-6-7-13-26(24)36-27(28)18-23)31-34-29(20-9-2-1-3-10-20)33-30(35-31)22-15-14-19-8-4-5-11-21(19)16-22/h1-18H. The van der Waals surface area contributed by atoms with Gasteiger partial charge in [-0.3, -0.25) is 0 Å². The minimum atomic E-state index is 0.547. The molecule has 4 nitrogen and oxygen atoms in total. The Bertz CT molecular complexity index is 1910. The van der Waals surface area contributed by atoms with E-state index in [9.17, 15) is 0 Å². The van der Waals surface area contributed by atoms with Gasteiger partial charge in [0.2, 0.25) is 0 Å². The summed E-state index contributed by atoms with van der Waals surface area (Å²) in [7, 11) is 0. The summed E-state index contributed by atoms with van der Waals surface area (Å²) in [6.07, 6.45) is 0. The lowest BCUT2D eigenvalue weighted by atomic mass is 10.0. The minimum Gasteiger partial charge on any atom is -0.456 e. The van der Waals surface area contributed by atoms with Crippen molar-refractivity contribution in [2.24, 2.45) is 0 Å². The first-order valence-corrected chi connectivity index (χ1v) is 12.0. The second kappa shape index (κ2) is 8.29. The molecular formula is C31H18ClN3O. The molecule has 0 amide bonds. The third-order valence-corrected chi connectivity index (χ3v) is 6.58. The molecule has 0 aliphatic carbocycles. The Morgan fingerprint density at radius 2 is 1.22 bits per heavy atom. The molecule has 0 unspecified atom stereocenters. The molecule has 0 spiro atoms. The van der Waals surface area contributed by atoms with Crippen LogP contribution in [-0.4, -0.2) is 15.0 Å². The van der Waals surface area contributed by atoms with Gasteiger partial charge < -0.3 is 4.42 Å². The maximum atomic E-state index is 6.55. The number of hydrogen-bond acceptors (Lipinski definition) is 4. The molecule has 170 valence electrons. The Kier molecular flexibility index (Phi) is 4.79. The molecule has 5 aromatic carbocycles. The lowest BCUT2D eigenvalue weighted by molar-refractivity contribution is 0.669. The Morgan fingerprint density at radius 1 is 0.528 bits per heavy atom. The molecule has 0 saturated carbocycles. The zero-order valence-corrected chi connectivity index (χ0v) is 19.8. The maximum absolute atomic E-state index is 6.55. The minimum absolute atomic E-state index is 0.547. The number of furan rings is 1. The van der Waals surface area contributed by atoms with Crippen LogP contribution in [0.4, 0.5) is 0 Å². The van der Waals surface area contributed by atoms with Crippen LogP contribution in [0.25, 0.3) is 66.9 Å². The predicted octanol–water partition coefficient (Wildman–Crippen LogP) is 8.58. The van der Waals surface area contributed by atoms with E-state index in [1.54, 1.807) is 0 Å². The number of fused-ring (bicyclic) bond motifs is 4. The van der Waals surface area contributed by atoms with E-state index in [1.807, 2.05) is 78.9 Å². The summed E-state index contributed by atoms with van der Waals surface area (Å²) in [5.74, 6) is 1.75. The van der Waals surface area contributed by atoms with Gasteiger partial charge in [0.05, 0.1) is 0 Å². The van der Waals surface area contributed by atoms with Gasteiger partial charge in [-0.05, 0) is 29.0 Å². The lowest BCUT2D eigenvalue weighted by Crippen LogP contribution is -2.00. The first kappa shape index (κ1) is 20.8. The number of nitrogens with zero attached hydrogens (tertiary/aromatic N) is 3. The van der Waals surface area contributed by atoms with Crippen molar-refractivity contribution in [2.45, 2.75) is 0 Å². The van der Waals surface area contributed by atoms with Crippen LogP contribution in [0.1, 0.15) is 0 Å². The van der Waals surface area contributed by atoms with Gasteiger partial charge in [0.15, 0.2) is 17.5 Å². The van der Waals surface area contributed by atoms with Crippen LogP contribution in [0, 0.1) is 0 Å². The second-order valence-electron chi connectivity index (χ2n) is 8.66. The zero-order valence-electron chi connectivity index (χ0n) is 19.0. The number of rotatable bonds is 3. The van der Waals surface area contributed by atoms with Crippen molar-refractivity contribution < 1.29 is 4.42 Å². The van der Waals surface area contributed by atoms with Crippen LogP contribution >= 0.6 is 11.6 Å². The molecule has 0 radical (unpaired) electrons. The fourth-order valence-corrected chi connectivity index (χ4v) is 4.88. The molecule has 7 rings (SSSR count). The highest BCUT2D eigenvalue weighted by Gasteiger charge is 2.18. The van der Waals surface area contributed by atoms with E-state index in [0.29, 0.717) is 28.1 Å². The van der Waals surface area contributed by atoms with E-state index in [0.717, 1.165) is 38.4 Å². The van der Waals surface area contributed by atoms with Crippen molar-refractivity contribution in [3.05, 3.63) is 114 Å². The van der Waals surface area contributed by atoms with E-state index in [2.05, 4.69) is 30.3 Å². The third-order valence-electron chi connectivity index (χ3n) is 6.36. The van der Waals surface area contributed by atoms with Crippen molar-refractivity contribution in [3.63, 3.8) is 0 Å². The van der Waals surface area contributed by atoms with Crippen LogP contribution in [0.15, 0.2) is 114 Å². The molecular weight excluding hydrogens is 466 g/mol. The Hall–Kier alpha value is -4.54. The Labute approximate surface area is 211 Å². The molecule has 2 heterocycles. The van der Waals surface area contributed by atoms with Gasteiger partial charge in [-0.15, -0.1) is 0 Å². The number of hydrogen-bond donors (Lipinski definition) is 0. The number of benzene rings is 5. The van der Waals surface area contributed by atoms with E-state index >= 15 is 0 Å². The van der Waals surface area contributed by atoms with Gasteiger partial charge >= 0.3 is 0 Å². The zero-order chi connectivity index (χ0) is 24.1. The molecule has 36 heavy (non-hydrogen) atoms. The van der Waals surface area contributed by atoms with Crippen LogP contribution in [-0.2, 0) is 0 Å². The van der Waals surface area contributed by atoms with E-state index < -0.39 is 0 Å². The average Bonchev–Trinajstić information content (AvgIpc) is 3.30. The van der Waals surface area contributed by atoms with Crippen LogP contribution < -0.4 is 0 Å². The Morgan fingerprint density at radius 3 is 2.08 bits per heavy atom. The number of halogens is 1. The molecule has 7 aromatic rings. The SMILES string of the molecule is Clc1cc(-c2nc(-c3ccccc3)nc(-c3ccc4ccccc4c3)n2)c2c(c1)oc1ccccc12. The van der Waals surface area contributed by atoms with Crippen molar-refractivity contribution in [3.8, 4) is 34.2 Å². The van der Waals surface area contributed by atoms with E-state index in [-0.39, 0.29) is 0 Å². The molecule has 0 aliphatic heterocycles. The summed E-state index contributed by atoms with van der Waals surface area (Å²) in [4.78, 5) is 14.8. The smallest absolute Gasteiger partial charge is 0.164 e. The quantitative estimate of drug-likeness (QED) is 0.252. The van der Waals surface area contributed by atoms with Crippen molar-refractivity contribution in [2.75, 3.05) is 0 Å². The Balaban J connectivity index is 1.53. The van der Waals surface area contributed by atoms with Gasteiger partial charge in [0.1, 0.15) is 11.2 Å². The highest BCUT2D eigenvalue weighted by molar-refractivity contribution is 6.32. The molecule has 0 atom stereocenters. The van der Waals surface area contributed by atoms with E-state index in [1.165, 1.54) is 5.39 Å². The first-order chi connectivity index (χ1) is 17.7. The summed E-state index contributed by atoms with van der Waals surface area (Å²) in [5.41, 5.74) is 4.14. The molecule has 5 heteroatoms. The van der Waals surface area contributed by atoms with Crippen LogP contribution in [0.3, 0.4) is 0 Å². The van der Waals surface area contributed by atoms with Gasteiger partial charge in [0.25, 0.3) is 0 Å². The fourth-order valence-electron chi connectivity index (χ4n) is 4.67. The van der Waals surface area contributed by atoms with Crippen molar-refractivity contribution >= 4 is 44.3 Å². The highest BCUT2D eigenvalue weighted by Crippen LogP contribution is 2.38. The summed E-state index contributed by atoms with van der Waals surface area (Å²) >= 11 is 6.55. The van der Waals surface area contributed by atoms with Gasteiger partial charge in [0, 0.05) is 38.6 Å². The lowest BCUT2D eigenvalue weighted by Gasteiger charge is -2.10. The fraction of sp³-hybridized carbons (Fsp3) is 0. The van der Waals surface area contributed by atoms with Crippen LogP contribution in [0.2, 0.25) is 5.02 Å². The molecule has 0 bridgehead atoms. The summed E-state index contributed by atoms with van der Waals surface area (Å²) in [6, 6.07) is 36.2. The second-order valence-corrected chi connectivity index (χ2v) is 9.10. The highest BCUT2D eigenvalue weighted by atomic mass is 35.5. The summed E-state index contributed by atoms with van der Waals surface area (Å²) in [6.45, 7) is 0. The van der Waals surface area contributed by atoms with Crippen molar-refractivity contribution in [1.29, 1.82) is 0 Å². The number of para-hydroxylation sites is 1. The largest absolute Gasteiger partial charge is 0.456 e. The van der Waals surface area contributed by atoms with E-state index in [4.69, 9.17) is 31.0 Å². The summed E-state index contributed by atoms with van der Waals surface area (Å²) < 4.78 is 6.12. The third kappa shape index (κ3) is 3.51. The average molecular weight is 484 g/mol. The summed E-state index contributed by atoms with van der Waals surface area (Å²) in [5, 5.41) is 4.78. The topological polar surface area (TPSA) is 51.8 Å². The van der Waals surface area contributed by atoms with Crippen LogP contribution in [0.5, 0.6) is 0 Å². The van der Waals surface area contributed by atoms with Gasteiger partial charge in [-0.2, -0.15) is 0 Å². The van der Waals surface area contributed by atoms with Crippen molar-refractivity contribution in [1.82, 2.24) is 15.0 Å². The monoisotopic (exact) mass is 483 g/mol. The van der Waals surface area contributed by atoms with Gasteiger partial charge in [-0.1, -0.05) is 96.5 Å². The van der Waals surface area contributed by atoms with Gasteiger partial charge in [-0.25, -0.2) is 15.0 Å². The molecule has 2 aromatic heterocycles. The molecule has 0 N–H and O–H groups in total.